The van der Waals surface area contributed by atoms with E-state index < -0.39 is 6.61 Å². The molecule has 23 heavy (non-hydrogen) atoms. The molecule has 1 aliphatic carbocycles. The molecule has 1 aromatic heterocycles. The molecule has 1 heterocycles. The first-order valence-electron chi connectivity index (χ1n) is 7.56. The minimum Gasteiger partial charge on any atom is -0.417 e. The molecule has 0 spiro atoms. The average molecular weight is 439 g/mol. The Labute approximate surface area is 147 Å². The second-order valence-electron chi connectivity index (χ2n) is 5.59. The Morgan fingerprint density at radius 2 is 2.09 bits per heavy atom. The van der Waals surface area contributed by atoms with E-state index in [0.717, 1.165) is 25.7 Å². The third kappa shape index (κ3) is 6.08. The number of nitrogens with zero attached hydrogens (tertiary/aromatic N) is 1. The summed E-state index contributed by atoms with van der Waals surface area (Å²) in [6.07, 6.45) is 5.57. The van der Waals surface area contributed by atoms with E-state index in [-0.39, 0.29) is 24.0 Å². The third-order valence-electron chi connectivity index (χ3n) is 3.81. The molecule has 1 saturated carbocycles. The van der Waals surface area contributed by atoms with Gasteiger partial charge in [-0.1, -0.05) is 22.6 Å². The first-order chi connectivity index (χ1) is 10.9. The van der Waals surface area contributed by atoms with Gasteiger partial charge in [-0.2, -0.15) is 8.78 Å². The number of aromatic nitrogens is 1. The maximum absolute atomic E-state index is 12.2. The van der Waals surface area contributed by atoms with Crippen molar-refractivity contribution < 1.29 is 18.3 Å². The Kier molecular flexibility index (Phi) is 6.79. The molecule has 2 N–H and O–H groups in total. The van der Waals surface area contributed by atoms with Crippen LogP contribution >= 0.6 is 22.6 Å². The van der Waals surface area contributed by atoms with E-state index in [0.29, 0.717) is 9.49 Å². The van der Waals surface area contributed by atoms with Gasteiger partial charge in [-0.3, -0.25) is 0 Å². The lowest BCUT2D eigenvalue weighted by atomic mass is 9.95. The fraction of sp³-hybridized carbons (Fsp3) is 0.600. The van der Waals surface area contributed by atoms with E-state index >= 15 is 0 Å². The van der Waals surface area contributed by atoms with Gasteiger partial charge in [-0.05, 0) is 44.2 Å². The van der Waals surface area contributed by atoms with Crippen LogP contribution < -0.4 is 15.4 Å². The van der Waals surface area contributed by atoms with Crippen molar-refractivity contribution in [2.45, 2.75) is 55.2 Å². The number of nitrogens with one attached hydrogen (secondary N) is 2. The second kappa shape index (κ2) is 8.60. The van der Waals surface area contributed by atoms with Crippen molar-refractivity contribution in [1.82, 2.24) is 15.6 Å². The quantitative estimate of drug-likeness (QED) is 0.542. The number of hydrogen-bond acceptors (Lipinski definition) is 3. The molecule has 0 aliphatic heterocycles. The highest BCUT2D eigenvalue weighted by Crippen LogP contribution is 2.24. The number of alkyl halides is 3. The van der Waals surface area contributed by atoms with Gasteiger partial charge in [0.1, 0.15) is 0 Å². The lowest BCUT2D eigenvalue weighted by Gasteiger charge is -2.27. The van der Waals surface area contributed by atoms with Gasteiger partial charge < -0.3 is 15.4 Å². The largest absolute Gasteiger partial charge is 0.417 e. The second-order valence-corrected chi connectivity index (χ2v) is 7.36. The molecular formula is C15H20F2IN3O2. The molecule has 0 saturated heterocycles. The summed E-state index contributed by atoms with van der Waals surface area (Å²) in [6.45, 7) is -1.14. The molecule has 1 fully saturated rings. The SMILES string of the molecule is CC(NC(=O)NC1CCC(I)CC1)c1ccnc(OC(F)F)c1. The van der Waals surface area contributed by atoms with E-state index in [1.807, 2.05) is 0 Å². The molecule has 1 unspecified atom stereocenters. The summed E-state index contributed by atoms with van der Waals surface area (Å²) in [5.74, 6) is -0.160. The third-order valence-corrected chi connectivity index (χ3v) is 5.05. The first kappa shape index (κ1) is 18.2. The molecule has 1 atom stereocenters. The molecule has 0 radical (unpaired) electrons. The highest BCUT2D eigenvalue weighted by molar-refractivity contribution is 14.1. The summed E-state index contributed by atoms with van der Waals surface area (Å²) in [5, 5.41) is 5.78. The van der Waals surface area contributed by atoms with Crippen molar-refractivity contribution in [3.63, 3.8) is 0 Å². The summed E-state index contributed by atoms with van der Waals surface area (Å²) in [4.78, 5) is 15.8. The first-order valence-corrected chi connectivity index (χ1v) is 8.80. The average Bonchev–Trinajstić information content (AvgIpc) is 2.49. The Morgan fingerprint density at radius 3 is 2.74 bits per heavy atom. The zero-order valence-corrected chi connectivity index (χ0v) is 14.9. The van der Waals surface area contributed by atoms with Gasteiger partial charge in [0.25, 0.3) is 0 Å². The fourth-order valence-electron chi connectivity index (χ4n) is 2.55. The number of rotatable bonds is 5. The highest BCUT2D eigenvalue weighted by Gasteiger charge is 2.21. The summed E-state index contributed by atoms with van der Waals surface area (Å²) < 4.78 is 29.4. The van der Waals surface area contributed by atoms with Crippen molar-refractivity contribution in [1.29, 1.82) is 0 Å². The topological polar surface area (TPSA) is 63.2 Å². The van der Waals surface area contributed by atoms with Crippen LogP contribution in [0.4, 0.5) is 13.6 Å². The number of pyridine rings is 1. The monoisotopic (exact) mass is 439 g/mol. The number of hydrogen-bond donors (Lipinski definition) is 2. The van der Waals surface area contributed by atoms with E-state index in [4.69, 9.17) is 0 Å². The summed E-state index contributed by atoms with van der Waals surface area (Å²) in [5.41, 5.74) is 0.654. The van der Waals surface area contributed by atoms with Gasteiger partial charge in [0.05, 0.1) is 6.04 Å². The van der Waals surface area contributed by atoms with Gasteiger partial charge in [0.15, 0.2) is 0 Å². The van der Waals surface area contributed by atoms with Crippen LogP contribution in [0.25, 0.3) is 0 Å². The van der Waals surface area contributed by atoms with Crippen LogP contribution in [-0.2, 0) is 0 Å². The Hall–Kier alpha value is -1.19. The Balaban J connectivity index is 1.85. The molecule has 2 rings (SSSR count). The molecule has 8 heteroatoms. The summed E-state index contributed by atoms with van der Waals surface area (Å²) in [6, 6.07) is 2.67. The molecule has 1 aliphatic rings. The number of amides is 2. The maximum Gasteiger partial charge on any atom is 0.388 e. The smallest absolute Gasteiger partial charge is 0.388 e. The summed E-state index contributed by atoms with van der Waals surface area (Å²) >= 11 is 2.44. The van der Waals surface area contributed by atoms with Crippen molar-refractivity contribution >= 4 is 28.6 Å². The van der Waals surface area contributed by atoms with Gasteiger partial charge in [-0.15, -0.1) is 0 Å². The summed E-state index contributed by atoms with van der Waals surface area (Å²) in [7, 11) is 0. The van der Waals surface area contributed by atoms with Crippen molar-refractivity contribution in [2.75, 3.05) is 0 Å². The lowest BCUT2D eigenvalue weighted by molar-refractivity contribution is -0.0529. The van der Waals surface area contributed by atoms with Gasteiger partial charge >= 0.3 is 12.6 Å². The van der Waals surface area contributed by atoms with Crippen LogP contribution in [-0.4, -0.2) is 27.6 Å². The van der Waals surface area contributed by atoms with Crippen LogP contribution in [0, 0.1) is 0 Å². The minimum absolute atomic E-state index is 0.160. The van der Waals surface area contributed by atoms with E-state index in [2.05, 4.69) is 42.9 Å². The van der Waals surface area contributed by atoms with Crippen molar-refractivity contribution in [3.05, 3.63) is 23.9 Å². The molecule has 128 valence electrons. The van der Waals surface area contributed by atoms with E-state index in [1.165, 1.54) is 12.3 Å². The number of halogens is 3. The maximum atomic E-state index is 12.2. The molecule has 0 bridgehead atoms. The van der Waals surface area contributed by atoms with E-state index in [1.54, 1.807) is 13.0 Å². The van der Waals surface area contributed by atoms with Gasteiger partial charge in [0, 0.05) is 22.2 Å². The number of urea groups is 1. The molecule has 5 nitrogen and oxygen atoms in total. The van der Waals surface area contributed by atoms with Crippen LogP contribution in [0.15, 0.2) is 18.3 Å². The van der Waals surface area contributed by atoms with Crippen molar-refractivity contribution in [2.24, 2.45) is 0 Å². The van der Waals surface area contributed by atoms with Gasteiger partial charge in [0.2, 0.25) is 5.88 Å². The van der Waals surface area contributed by atoms with Crippen LogP contribution in [0.3, 0.4) is 0 Å². The number of carbonyl (C=O) groups is 1. The van der Waals surface area contributed by atoms with Crippen molar-refractivity contribution in [3.8, 4) is 5.88 Å². The predicted octanol–water partition coefficient (Wildman–Crippen LogP) is 3.79. The van der Waals surface area contributed by atoms with Gasteiger partial charge in [-0.25, -0.2) is 9.78 Å². The predicted molar refractivity (Wildman–Crippen MR) is 91.0 cm³/mol. The normalized spacial score (nSPS) is 22.5. The standard InChI is InChI=1S/C15H20F2IN3O2/c1-9(10-6-7-19-13(8-10)23-14(16)17)20-15(22)21-12-4-2-11(18)3-5-12/h6-9,11-12,14H,2-5H2,1H3,(H2,20,21,22). The fourth-order valence-corrected chi connectivity index (χ4v) is 3.27. The lowest BCUT2D eigenvalue weighted by Crippen LogP contribution is -2.44. The Bertz CT molecular complexity index is 525. The zero-order valence-electron chi connectivity index (χ0n) is 12.8. The Morgan fingerprint density at radius 1 is 1.39 bits per heavy atom. The zero-order chi connectivity index (χ0) is 16.8. The number of carbonyl (C=O) groups excluding carboxylic acids is 1. The molecule has 1 aromatic rings. The van der Waals surface area contributed by atoms with Crippen LogP contribution in [0.5, 0.6) is 5.88 Å². The number of ether oxygens (including phenoxy) is 1. The molecule has 2 amide bonds. The minimum atomic E-state index is -2.92. The highest BCUT2D eigenvalue weighted by atomic mass is 127. The molecule has 0 aromatic carbocycles. The van der Waals surface area contributed by atoms with Crippen LogP contribution in [0.1, 0.15) is 44.2 Å². The molecular weight excluding hydrogens is 419 g/mol. The van der Waals surface area contributed by atoms with E-state index in [9.17, 15) is 13.6 Å². The van der Waals surface area contributed by atoms with Crippen LogP contribution in [0.2, 0.25) is 0 Å².